The maximum Gasteiger partial charge on any atom is 0.412 e. The summed E-state index contributed by atoms with van der Waals surface area (Å²) in [7, 11) is -3.85. The monoisotopic (exact) mass is 442 g/mol. The third kappa shape index (κ3) is 6.29. The Balaban J connectivity index is 1.73. The first kappa shape index (κ1) is 22.3. The molecular formula is C23H23FN2O4S. The molecule has 0 saturated heterocycles. The summed E-state index contributed by atoms with van der Waals surface area (Å²) >= 11 is 0. The highest BCUT2D eigenvalue weighted by Crippen LogP contribution is 2.25. The molecule has 0 bridgehead atoms. The molecule has 0 aliphatic rings. The fourth-order valence-corrected chi connectivity index (χ4v) is 3.85. The van der Waals surface area contributed by atoms with E-state index in [-0.39, 0.29) is 10.7 Å². The molecule has 0 aliphatic carbocycles. The van der Waals surface area contributed by atoms with E-state index in [9.17, 15) is 17.6 Å². The Morgan fingerprint density at radius 1 is 0.871 bits per heavy atom. The highest BCUT2D eigenvalue weighted by atomic mass is 32.2. The first-order chi connectivity index (χ1) is 14.5. The number of nitrogens with one attached hydrogen (secondary N) is 2. The van der Waals surface area contributed by atoms with Crippen molar-refractivity contribution in [2.45, 2.75) is 31.3 Å². The minimum atomic E-state index is -3.85. The van der Waals surface area contributed by atoms with Crippen molar-refractivity contribution in [1.82, 2.24) is 0 Å². The van der Waals surface area contributed by atoms with Crippen LogP contribution < -0.4 is 10.0 Å². The third-order valence-corrected chi connectivity index (χ3v) is 5.48. The summed E-state index contributed by atoms with van der Waals surface area (Å²) in [4.78, 5) is 11.9. The zero-order valence-corrected chi connectivity index (χ0v) is 18.2. The second-order valence-corrected chi connectivity index (χ2v) is 9.53. The molecule has 0 unspecified atom stereocenters. The lowest BCUT2D eigenvalue weighted by Crippen LogP contribution is -2.27. The number of hydrogen-bond acceptors (Lipinski definition) is 4. The lowest BCUT2D eigenvalue weighted by molar-refractivity contribution is 0.0636. The smallest absolute Gasteiger partial charge is 0.412 e. The van der Waals surface area contributed by atoms with Gasteiger partial charge in [-0.15, -0.1) is 0 Å². The van der Waals surface area contributed by atoms with Crippen LogP contribution >= 0.6 is 0 Å². The van der Waals surface area contributed by atoms with Crippen LogP contribution in [0.1, 0.15) is 20.8 Å². The summed E-state index contributed by atoms with van der Waals surface area (Å²) in [5.41, 5.74) is 1.54. The van der Waals surface area contributed by atoms with E-state index in [0.29, 0.717) is 22.5 Å². The molecule has 2 N–H and O–H groups in total. The molecule has 0 saturated carbocycles. The van der Waals surface area contributed by atoms with Crippen LogP contribution in [-0.4, -0.2) is 20.1 Å². The second-order valence-electron chi connectivity index (χ2n) is 7.84. The summed E-state index contributed by atoms with van der Waals surface area (Å²) in [6, 6.07) is 18.4. The summed E-state index contributed by atoms with van der Waals surface area (Å²) in [5, 5.41) is 2.58. The number of carbonyl (C=O) groups excluding carboxylic acids is 1. The van der Waals surface area contributed by atoms with Gasteiger partial charge in [-0.3, -0.25) is 10.0 Å². The molecule has 0 spiro atoms. The fraction of sp³-hybridized carbons (Fsp3) is 0.174. The topological polar surface area (TPSA) is 84.5 Å². The minimum Gasteiger partial charge on any atom is -0.444 e. The number of carbonyl (C=O) groups is 1. The minimum absolute atomic E-state index is 0.0743. The quantitative estimate of drug-likeness (QED) is 0.535. The van der Waals surface area contributed by atoms with Crippen molar-refractivity contribution in [3.05, 3.63) is 78.6 Å². The van der Waals surface area contributed by atoms with Gasteiger partial charge in [0, 0.05) is 11.4 Å². The molecule has 3 rings (SSSR count). The summed E-state index contributed by atoms with van der Waals surface area (Å²) in [5.74, 6) is -0.362. The Bertz CT molecular complexity index is 1170. The summed E-state index contributed by atoms with van der Waals surface area (Å²) in [6.07, 6.45) is -0.599. The molecule has 3 aromatic carbocycles. The molecule has 0 radical (unpaired) electrons. The second kappa shape index (κ2) is 8.77. The van der Waals surface area contributed by atoms with Gasteiger partial charge >= 0.3 is 6.09 Å². The van der Waals surface area contributed by atoms with Crippen molar-refractivity contribution >= 4 is 27.5 Å². The molecule has 0 aromatic heterocycles. The van der Waals surface area contributed by atoms with Gasteiger partial charge in [0.25, 0.3) is 10.0 Å². The van der Waals surface area contributed by atoms with E-state index in [4.69, 9.17) is 4.74 Å². The number of anilines is 2. The van der Waals surface area contributed by atoms with Crippen LogP contribution in [0.2, 0.25) is 0 Å². The molecule has 0 fully saturated rings. The lowest BCUT2D eigenvalue weighted by Gasteiger charge is -2.19. The van der Waals surface area contributed by atoms with E-state index in [1.165, 1.54) is 36.4 Å². The zero-order chi connectivity index (χ0) is 22.6. The molecule has 0 atom stereocenters. The molecule has 6 nitrogen and oxygen atoms in total. The van der Waals surface area contributed by atoms with E-state index in [0.717, 1.165) is 0 Å². The van der Waals surface area contributed by atoms with E-state index in [1.54, 1.807) is 57.2 Å². The van der Waals surface area contributed by atoms with Gasteiger partial charge < -0.3 is 4.74 Å². The molecule has 31 heavy (non-hydrogen) atoms. The van der Waals surface area contributed by atoms with E-state index in [1.807, 2.05) is 0 Å². The average molecular weight is 443 g/mol. The van der Waals surface area contributed by atoms with Gasteiger partial charge in [0.05, 0.1) is 4.90 Å². The number of ether oxygens (including phenoxy) is 1. The Morgan fingerprint density at radius 3 is 2.10 bits per heavy atom. The summed E-state index contributed by atoms with van der Waals surface area (Å²) < 4.78 is 46.4. The largest absolute Gasteiger partial charge is 0.444 e. The van der Waals surface area contributed by atoms with E-state index < -0.39 is 21.7 Å². The maximum atomic E-state index is 13.1. The molecule has 0 aliphatic heterocycles. The highest BCUT2D eigenvalue weighted by molar-refractivity contribution is 7.92. The van der Waals surface area contributed by atoms with Crippen LogP contribution in [0.3, 0.4) is 0 Å². The number of amides is 1. The van der Waals surface area contributed by atoms with Crippen molar-refractivity contribution in [2.24, 2.45) is 0 Å². The van der Waals surface area contributed by atoms with Gasteiger partial charge in [0.15, 0.2) is 0 Å². The summed E-state index contributed by atoms with van der Waals surface area (Å²) in [6.45, 7) is 5.28. The van der Waals surface area contributed by atoms with E-state index >= 15 is 0 Å². The van der Waals surface area contributed by atoms with Crippen LogP contribution in [0, 0.1) is 5.82 Å². The number of benzene rings is 3. The van der Waals surface area contributed by atoms with Crippen molar-refractivity contribution < 1.29 is 22.3 Å². The SMILES string of the molecule is CC(C)(C)OC(=O)Nc1ccc(NS(=O)(=O)c2cccc(-c3ccc(F)cc3)c2)cc1. The van der Waals surface area contributed by atoms with Crippen molar-refractivity contribution in [3.8, 4) is 11.1 Å². The van der Waals surface area contributed by atoms with Crippen LogP contribution in [0.25, 0.3) is 11.1 Å². The van der Waals surface area contributed by atoms with Gasteiger partial charge in [0.2, 0.25) is 0 Å². The first-order valence-corrected chi connectivity index (χ1v) is 11.0. The predicted molar refractivity (Wildman–Crippen MR) is 119 cm³/mol. The third-order valence-electron chi connectivity index (χ3n) is 4.10. The predicted octanol–water partition coefficient (Wildman–Crippen LogP) is 5.64. The van der Waals surface area contributed by atoms with Crippen molar-refractivity contribution in [2.75, 3.05) is 10.0 Å². The van der Waals surface area contributed by atoms with Crippen LogP contribution in [-0.2, 0) is 14.8 Å². The van der Waals surface area contributed by atoms with Crippen LogP contribution in [0.4, 0.5) is 20.6 Å². The van der Waals surface area contributed by atoms with Gasteiger partial charge in [-0.25, -0.2) is 17.6 Å². The fourth-order valence-electron chi connectivity index (χ4n) is 2.74. The normalized spacial score (nSPS) is 11.6. The van der Waals surface area contributed by atoms with Crippen LogP contribution in [0.15, 0.2) is 77.7 Å². The molecular weight excluding hydrogens is 419 g/mol. The highest BCUT2D eigenvalue weighted by Gasteiger charge is 2.17. The number of halogens is 1. The average Bonchev–Trinajstić information content (AvgIpc) is 2.68. The Morgan fingerprint density at radius 2 is 1.48 bits per heavy atom. The Hall–Kier alpha value is -3.39. The molecule has 8 heteroatoms. The molecule has 162 valence electrons. The number of sulfonamides is 1. The van der Waals surface area contributed by atoms with Gasteiger partial charge in [0.1, 0.15) is 11.4 Å². The van der Waals surface area contributed by atoms with Gasteiger partial charge in [-0.2, -0.15) is 0 Å². The molecule has 1 amide bonds. The van der Waals surface area contributed by atoms with Gasteiger partial charge in [-0.05, 0) is 80.4 Å². The first-order valence-electron chi connectivity index (χ1n) is 9.51. The molecule has 3 aromatic rings. The maximum absolute atomic E-state index is 13.1. The van der Waals surface area contributed by atoms with Crippen molar-refractivity contribution in [3.63, 3.8) is 0 Å². The Labute approximate surface area is 181 Å². The number of hydrogen-bond donors (Lipinski definition) is 2. The zero-order valence-electron chi connectivity index (χ0n) is 17.3. The van der Waals surface area contributed by atoms with E-state index in [2.05, 4.69) is 10.0 Å². The van der Waals surface area contributed by atoms with Crippen molar-refractivity contribution in [1.29, 1.82) is 0 Å². The lowest BCUT2D eigenvalue weighted by atomic mass is 10.1. The van der Waals surface area contributed by atoms with Gasteiger partial charge in [-0.1, -0.05) is 24.3 Å². The standard InChI is InChI=1S/C23H23FN2O4S/c1-23(2,3)30-22(27)25-19-11-13-20(14-12-19)26-31(28,29)21-6-4-5-17(15-21)16-7-9-18(24)10-8-16/h4-15,26H,1-3H3,(H,25,27). The number of rotatable bonds is 5. The van der Waals surface area contributed by atoms with Crippen LogP contribution in [0.5, 0.6) is 0 Å². The molecule has 0 heterocycles. The Kier molecular flexibility index (Phi) is 6.31.